The quantitative estimate of drug-likeness (QED) is 0.762. The Bertz CT molecular complexity index is 620. The number of hydrogen-bond donors (Lipinski definition) is 1. The Hall–Kier alpha value is -1.47. The molecule has 1 saturated heterocycles. The molecule has 0 amide bonds. The molecule has 2 heterocycles. The largest absolute Gasteiger partial charge is 0.394 e. The van der Waals surface area contributed by atoms with Crippen molar-refractivity contribution in [2.24, 2.45) is 7.05 Å². The summed E-state index contributed by atoms with van der Waals surface area (Å²) in [5.74, 6) is 1.13. The van der Waals surface area contributed by atoms with Crippen molar-refractivity contribution in [2.75, 3.05) is 52.5 Å². The summed E-state index contributed by atoms with van der Waals surface area (Å²) in [7, 11) is 2.10. The zero-order valence-electron chi connectivity index (χ0n) is 13.8. The summed E-state index contributed by atoms with van der Waals surface area (Å²) < 4.78 is 7.54. The van der Waals surface area contributed by atoms with Gasteiger partial charge < -0.3 is 14.4 Å². The molecule has 0 bridgehead atoms. The van der Waals surface area contributed by atoms with E-state index in [-0.39, 0.29) is 6.61 Å². The average Bonchev–Trinajstić information content (AvgIpc) is 2.90. The number of aromatic nitrogens is 2. The van der Waals surface area contributed by atoms with Crippen LogP contribution in [0.5, 0.6) is 0 Å². The highest BCUT2D eigenvalue weighted by atomic mass is 16.5. The van der Waals surface area contributed by atoms with E-state index in [1.165, 1.54) is 5.52 Å². The molecule has 126 valence electrons. The Morgan fingerprint density at radius 2 is 1.83 bits per heavy atom. The molecule has 1 aliphatic rings. The fraction of sp³-hybridized carbons (Fsp3) is 0.588. The highest BCUT2D eigenvalue weighted by molar-refractivity contribution is 5.75. The number of rotatable bonds is 7. The van der Waals surface area contributed by atoms with E-state index in [1.54, 1.807) is 0 Å². The Balaban J connectivity index is 1.49. The molecule has 1 aromatic heterocycles. The second kappa shape index (κ2) is 7.88. The Morgan fingerprint density at radius 1 is 1.09 bits per heavy atom. The van der Waals surface area contributed by atoms with Gasteiger partial charge in [-0.3, -0.25) is 9.80 Å². The van der Waals surface area contributed by atoms with Crippen LogP contribution in [-0.4, -0.2) is 77.0 Å². The van der Waals surface area contributed by atoms with E-state index < -0.39 is 0 Å². The number of aliphatic hydroxyl groups excluding tert-OH is 1. The summed E-state index contributed by atoms with van der Waals surface area (Å²) in [6, 6.07) is 8.29. The molecule has 1 N–H and O–H groups in total. The summed E-state index contributed by atoms with van der Waals surface area (Å²) in [6.07, 6.45) is 0. The fourth-order valence-corrected chi connectivity index (χ4v) is 3.07. The van der Waals surface area contributed by atoms with E-state index >= 15 is 0 Å². The third kappa shape index (κ3) is 4.09. The van der Waals surface area contributed by atoms with Gasteiger partial charge in [0.25, 0.3) is 0 Å². The van der Waals surface area contributed by atoms with Gasteiger partial charge in [-0.1, -0.05) is 12.1 Å². The number of aryl methyl sites for hydroxylation is 1. The number of piperazine rings is 1. The number of imidazole rings is 1. The van der Waals surface area contributed by atoms with Gasteiger partial charge in [0, 0.05) is 39.8 Å². The maximum Gasteiger partial charge on any atom is 0.123 e. The molecule has 3 rings (SSSR count). The van der Waals surface area contributed by atoms with Gasteiger partial charge in [-0.05, 0) is 12.1 Å². The first kappa shape index (κ1) is 16.4. The Morgan fingerprint density at radius 3 is 2.57 bits per heavy atom. The SMILES string of the molecule is Cn1c(CN2CCN(CCOCCO)CC2)nc2ccccc21. The van der Waals surface area contributed by atoms with Crippen LogP contribution in [0.2, 0.25) is 0 Å². The van der Waals surface area contributed by atoms with E-state index in [9.17, 15) is 0 Å². The highest BCUT2D eigenvalue weighted by Crippen LogP contribution is 2.16. The maximum atomic E-state index is 8.70. The van der Waals surface area contributed by atoms with Crippen molar-refractivity contribution in [2.45, 2.75) is 6.54 Å². The Labute approximate surface area is 137 Å². The Kier molecular flexibility index (Phi) is 5.61. The molecule has 23 heavy (non-hydrogen) atoms. The zero-order chi connectivity index (χ0) is 16.1. The van der Waals surface area contributed by atoms with Gasteiger partial charge in [-0.15, -0.1) is 0 Å². The van der Waals surface area contributed by atoms with Crippen molar-refractivity contribution in [1.29, 1.82) is 0 Å². The van der Waals surface area contributed by atoms with E-state index in [0.29, 0.717) is 13.2 Å². The first-order chi connectivity index (χ1) is 11.3. The molecule has 1 aliphatic heterocycles. The number of ether oxygens (including phenoxy) is 1. The van der Waals surface area contributed by atoms with Crippen LogP contribution in [0.4, 0.5) is 0 Å². The van der Waals surface area contributed by atoms with Crippen LogP contribution in [-0.2, 0) is 18.3 Å². The molecular formula is C17H26N4O2. The van der Waals surface area contributed by atoms with Gasteiger partial charge >= 0.3 is 0 Å². The zero-order valence-corrected chi connectivity index (χ0v) is 13.8. The number of fused-ring (bicyclic) bond motifs is 1. The normalized spacial score (nSPS) is 17.1. The predicted molar refractivity (Wildman–Crippen MR) is 90.3 cm³/mol. The van der Waals surface area contributed by atoms with Crippen LogP contribution in [0.15, 0.2) is 24.3 Å². The van der Waals surface area contributed by atoms with E-state index in [0.717, 1.165) is 50.6 Å². The molecule has 0 radical (unpaired) electrons. The van der Waals surface area contributed by atoms with Gasteiger partial charge in [0.05, 0.1) is 37.4 Å². The topological polar surface area (TPSA) is 53.8 Å². The van der Waals surface area contributed by atoms with E-state index in [2.05, 4.69) is 39.6 Å². The standard InChI is InChI=1S/C17H26N4O2/c1-19-16-5-3-2-4-15(16)18-17(19)14-21-8-6-20(7-9-21)10-12-23-13-11-22/h2-5,22H,6-14H2,1H3. The summed E-state index contributed by atoms with van der Waals surface area (Å²) in [4.78, 5) is 9.64. The minimum atomic E-state index is 0.103. The third-order valence-electron chi connectivity index (χ3n) is 4.50. The van der Waals surface area contributed by atoms with Crippen molar-refractivity contribution < 1.29 is 9.84 Å². The fourth-order valence-electron chi connectivity index (χ4n) is 3.07. The highest BCUT2D eigenvalue weighted by Gasteiger charge is 2.18. The number of benzene rings is 1. The van der Waals surface area contributed by atoms with Crippen molar-refractivity contribution in [1.82, 2.24) is 19.4 Å². The molecule has 0 unspecified atom stereocenters. The van der Waals surface area contributed by atoms with Crippen LogP contribution >= 0.6 is 0 Å². The molecule has 6 heteroatoms. The molecule has 1 fully saturated rings. The summed E-state index contributed by atoms with van der Waals surface area (Å²) in [6.45, 7) is 7.33. The minimum absolute atomic E-state index is 0.103. The summed E-state index contributed by atoms with van der Waals surface area (Å²) in [5, 5.41) is 8.70. The predicted octanol–water partition coefficient (Wildman–Crippen LogP) is 0.700. The average molecular weight is 318 g/mol. The smallest absolute Gasteiger partial charge is 0.123 e. The van der Waals surface area contributed by atoms with Gasteiger partial charge in [0.2, 0.25) is 0 Å². The molecular weight excluding hydrogens is 292 g/mol. The third-order valence-corrected chi connectivity index (χ3v) is 4.50. The van der Waals surface area contributed by atoms with Crippen LogP contribution in [0, 0.1) is 0 Å². The number of hydrogen-bond acceptors (Lipinski definition) is 5. The van der Waals surface area contributed by atoms with Crippen LogP contribution < -0.4 is 0 Å². The second-order valence-corrected chi connectivity index (χ2v) is 6.03. The maximum absolute atomic E-state index is 8.70. The number of nitrogens with zero attached hydrogens (tertiary/aromatic N) is 4. The molecule has 0 saturated carbocycles. The lowest BCUT2D eigenvalue weighted by Crippen LogP contribution is -2.47. The van der Waals surface area contributed by atoms with Crippen LogP contribution in [0.25, 0.3) is 11.0 Å². The molecule has 2 aromatic rings. The first-order valence-corrected chi connectivity index (χ1v) is 8.31. The lowest BCUT2D eigenvalue weighted by atomic mass is 10.3. The van der Waals surface area contributed by atoms with Gasteiger partial charge in [-0.2, -0.15) is 0 Å². The van der Waals surface area contributed by atoms with E-state index in [1.807, 2.05) is 6.07 Å². The van der Waals surface area contributed by atoms with Gasteiger partial charge in [0.15, 0.2) is 0 Å². The molecule has 0 aliphatic carbocycles. The lowest BCUT2D eigenvalue weighted by Gasteiger charge is -2.34. The van der Waals surface area contributed by atoms with Crippen LogP contribution in [0.1, 0.15) is 5.82 Å². The summed E-state index contributed by atoms with van der Waals surface area (Å²) in [5.41, 5.74) is 2.27. The van der Waals surface area contributed by atoms with E-state index in [4.69, 9.17) is 14.8 Å². The van der Waals surface area contributed by atoms with Gasteiger partial charge in [-0.25, -0.2) is 4.98 Å². The van der Waals surface area contributed by atoms with Crippen molar-refractivity contribution in [3.63, 3.8) is 0 Å². The summed E-state index contributed by atoms with van der Waals surface area (Å²) >= 11 is 0. The van der Waals surface area contributed by atoms with Crippen molar-refractivity contribution in [3.05, 3.63) is 30.1 Å². The lowest BCUT2D eigenvalue weighted by molar-refractivity contribution is 0.0558. The molecule has 0 atom stereocenters. The minimum Gasteiger partial charge on any atom is -0.394 e. The number of aliphatic hydroxyl groups is 1. The first-order valence-electron chi connectivity index (χ1n) is 8.31. The van der Waals surface area contributed by atoms with Crippen LogP contribution in [0.3, 0.4) is 0 Å². The van der Waals surface area contributed by atoms with Gasteiger partial charge in [0.1, 0.15) is 5.82 Å². The number of para-hydroxylation sites is 2. The molecule has 6 nitrogen and oxygen atoms in total. The molecule has 0 spiro atoms. The van der Waals surface area contributed by atoms with Crippen molar-refractivity contribution >= 4 is 11.0 Å². The monoisotopic (exact) mass is 318 g/mol. The van der Waals surface area contributed by atoms with Crippen molar-refractivity contribution in [3.8, 4) is 0 Å². The second-order valence-electron chi connectivity index (χ2n) is 6.03. The molecule has 1 aromatic carbocycles.